The summed E-state index contributed by atoms with van der Waals surface area (Å²) in [6, 6.07) is 9.31. The molecule has 6 nitrogen and oxygen atoms in total. The first-order valence-electron chi connectivity index (χ1n) is 7.82. The number of amides is 2. The number of rotatable bonds is 4. The number of aromatic nitrogens is 1. The Labute approximate surface area is 157 Å². The summed E-state index contributed by atoms with van der Waals surface area (Å²) in [4.78, 5) is 25.4. The van der Waals surface area contributed by atoms with Gasteiger partial charge in [-0.15, -0.1) is 0 Å². The van der Waals surface area contributed by atoms with Crippen LogP contribution in [0, 0.1) is 6.92 Å². The standard InChI is InChI=1S/C18H19N3O3.BrH/c1-13-5-8-21(9-6-13)10-7-17(22)19-14-3-4-16-15(11-14)20(2)18(23)12-24-16;/h3-6,8-9,11H,7,10,12H2,1-2H3;1H. The average molecular weight is 406 g/mol. The summed E-state index contributed by atoms with van der Waals surface area (Å²) >= 11 is 0. The molecule has 1 aromatic carbocycles. The van der Waals surface area contributed by atoms with E-state index < -0.39 is 0 Å². The first-order valence-corrected chi connectivity index (χ1v) is 7.82. The molecule has 2 heterocycles. The second-order valence-corrected chi connectivity index (χ2v) is 5.84. The summed E-state index contributed by atoms with van der Waals surface area (Å²) in [5.74, 6) is 0.459. The molecule has 2 aromatic rings. The monoisotopic (exact) mass is 405 g/mol. The molecule has 2 amide bonds. The molecule has 0 aliphatic carbocycles. The first-order chi connectivity index (χ1) is 11.5. The minimum Gasteiger partial charge on any atom is -1.00 e. The molecule has 0 radical (unpaired) electrons. The minimum absolute atomic E-state index is 0. The van der Waals surface area contributed by atoms with E-state index in [0.717, 1.165) is 0 Å². The molecule has 7 heteroatoms. The fourth-order valence-corrected chi connectivity index (χ4v) is 2.49. The summed E-state index contributed by atoms with van der Waals surface area (Å²) in [6.45, 7) is 2.68. The van der Waals surface area contributed by atoms with Crippen molar-refractivity contribution in [3.8, 4) is 5.75 Å². The third-order valence-electron chi connectivity index (χ3n) is 3.98. The minimum atomic E-state index is -0.109. The lowest BCUT2D eigenvalue weighted by Crippen LogP contribution is -3.00. The van der Waals surface area contributed by atoms with Crippen molar-refractivity contribution in [1.82, 2.24) is 0 Å². The van der Waals surface area contributed by atoms with Crippen molar-refractivity contribution >= 4 is 23.2 Å². The lowest BCUT2D eigenvalue weighted by atomic mass is 10.2. The number of ether oxygens (including phenoxy) is 1. The predicted octanol–water partition coefficient (Wildman–Crippen LogP) is -1.33. The highest BCUT2D eigenvalue weighted by Gasteiger charge is 2.22. The molecule has 0 spiro atoms. The van der Waals surface area contributed by atoms with Gasteiger partial charge in [-0.25, -0.2) is 4.57 Å². The van der Waals surface area contributed by atoms with Crippen molar-refractivity contribution in [3.05, 3.63) is 48.3 Å². The molecule has 25 heavy (non-hydrogen) atoms. The van der Waals surface area contributed by atoms with Gasteiger partial charge in [-0.2, -0.15) is 0 Å². The molecule has 0 fully saturated rings. The summed E-state index contributed by atoms with van der Waals surface area (Å²) < 4.78 is 7.35. The lowest BCUT2D eigenvalue weighted by molar-refractivity contribution is -0.695. The molecule has 132 valence electrons. The fourth-order valence-electron chi connectivity index (χ4n) is 2.49. The topological polar surface area (TPSA) is 62.5 Å². The second-order valence-electron chi connectivity index (χ2n) is 5.84. The van der Waals surface area contributed by atoms with Crippen molar-refractivity contribution in [3.63, 3.8) is 0 Å². The van der Waals surface area contributed by atoms with E-state index >= 15 is 0 Å². The van der Waals surface area contributed by atoms with Gasteiger partial charge in [0.05, 0.1) is 12.1 Å². The molecular formula is C18H20BrN3O3. The zero-order valence-corrected chi connectivity index (χ0v) is 15.7. The number of likely N-dealkylation sites (N-methyl/N-ethyl adjacent to an activating group) is 1. The number of nitrogens with zero attached hydrogens (tertiary/aromatic N) is 2. The lowest BCUT2D eigenvalue weighted by Gasteiger charge is -2.26. The summed E-state index contributed by atoms with van der Waals surface area (Å²) in [7, 11) is 1.70. The third kappa shape index (κ3) is 4.57. The van der Waals surface area contributed by atoms with E-state index in [0.29, 0.717) is 30.1 Å². The van der Waals surface area contributed by atoms with Gasteiger partial charge in [0.1, 0.15) is 5.75 Å². The van der Waals surface area contributed by atoms with Gasteiger partial charge in [-0.05, 0) is 30.7 Å². The van der Waals surface area contributed by atoms with E-state index in [2.05, 4.69) is 5.32 Å². The van der Waals surface area contributed by atoms with Crippen LogP contribution in [-0.2, 0) is 16.1 Å². The van der Waals surface area contributed by atoms with Crippen LogP contribution in [0.2, 0.25) is 0 Å². The van der Waals surface area contributed by atoms with Crippen molar-refractivity contribution in [2.45, 2.75) is 19.9 Å². The number of pyridine rings is 1. The van der Waals surface area contributed by atoms with E-state index in [1.807, 2.05) is 36.0 Å². The number of benzene rings is 1. The number of carbonyl (C=O) groups excluding carboxylic acids is 2. The van der Waals surface area contributed by atoms with Crippen LogP contribution in [0.3, 0.4) is 0 Å². The summed E-state index contributed by atoms with van der Waals surface area (Å²) in [6.07, 6.45) is 4.29. The Morgan fingerprint density at radius 1 is 1.28 bits per heavy atom. The van der Waals surface area contributed by atoms with E-state index in [1.165, 1.54) is 10.5 Å². The molecule has 0 bridgehead atoms. The molecule has 0 unspecified atom stereocenters. The number of carbonyl (C=O) groups is 2. The van der Waals surface area contributed by atoms with E-state index in [1.54, 1.807) is 25.2 Å². The van der Waals surface area contributed by atoms with Crippen LogP contribution in [0.25, 0.3) is 0 Å². The van der Waals surface area contributed by atoms with Crippen molar-refractivity contribution < 1.29 is 35.9 Å². The zero-order chi connectivity index (χ0) is 17.1. The van der Waals surface area contributed by atoms with Gasteiger partial charge in [0.15, 0.2) is 25.5 Å². The Bertz CT molecular complexity index is 778. The number of nitrogens with one attached hydrogen (secondary N) is 1. The Balaban J connectivity index is 0.00000225. The normalized spacial score (nSPS) is 12.7. The van der Waals surface area contributed by atoms with Gasteiger partial charge in [0.25, 0.3) is 5.91 Å². The van der Waals surface area contributed by atoms with Gasteiger partial charge in [0, 0.05) is 24.9 Å². The van der Waals surface area contributed by atoms with Crippen LogP contribution in [0.15, 0.2) is 42.7 Å². The van der Waals surface area contributed by atoms with Crippen LogP contribution in [0.1, 0.15) is 12.0 Å². The largest absolute Gasteiger partial charge is 1.00 e. The number of halogens is 1. The Morgan fingerprint density at radius 3 is 2.72 bits per heavy atom. The van der Waals surface area contributed by atoms with E-state index in [9.17, 15) is 9.59 Å². The molecule has 1 aromatic heterocycles. The van der Waals surface area contributed by atoms with Crippen molar-refractivity contribution in [2.75, 3.05) is 23.9 Å². The van der Waals surface area contributed by atoms with Crippen molar-refractivity contribution in [2.24, 2.45) is 0 Å². The molecular weight excluding hydrogens is 386 g/mol. The number of anilines is 2. The second kappa shape index (κ2) is 8.11. The molecule has 1 aliphatic heterocycles. The zero-order valence-electron chi connectivity index (χ0n) is 14.2. The number of fused-ring (bicyclic) bond motifs is 1. The fraction of sp³-hybridized carbons (Fsp3) is 0.278. The molecule has 1 aliphatic rings. The predicted molar refractivity (Wildman–Crippen MR) is 90.0 cm³/mol. The van der Waals surface area contributed by atoms with Gasteiger partial charge in [-0.1, -0.05) is 0 Å². The van der Waals surface area contributed by atoms with Crippen LogP contribution < -0.4 is 36.5 Å². The van der Waals surface area contributed by atoms with Crippen LogP contribution in [0.4, 0.5) is 11.4 Å². The molecule has 1 N–H and O–H groups in total. The Morgan fingerprint density at radius 2 is 2.00 bits per heavy atom. The van der Waals surface area contributed by atoms with Crippen molar-refractivity contribution in [1.29, 1.82) is 0 Å². The van der Waals surface area contributed by atoms with E-state index in [-0.39, 0.29) is 35.4 Å². The third-order valence-corrected chi connectivity index (χ3v) is 3.98. The number of aryl methyl sites for hydroxylation is 2. The first kappa shape index (κ1) is 18.9. The quantitative estimate of drug-likeness (QED) is 0.641. The summed E-state index contributed by atoms with van der Waals surface area (Å²) in [5, 5.41) is 2.86. The molecule has 0 saturated carbocycles. The van der Waals surface area contributed by atoms with Crippen LogP contribution in [-0.4, -0.2) is 25.5 Å². The summed E-state index contributed by atoms with van der Waals surface area (Å²) in [5.41, 5.74) is 2.50. The number of hydrogen-bond acceptors (Lipinski definition) is 3. The van der Waals surface area contributed by atoms with Crippen LogP contribution in [0.5, 0.6) is 5.75 Å². The SMILES string of the molecule is Cc1cc[n+](CCC(=O)Nc2ccc3c(c2)N(C)C(=O)CO3)cc1.[Br-]. The number of hydrogen-bond donors (Lipinski definition) is 1. The molecule has 0 saturated heterocycles. The van der Waals surface area contributed by atoms with Gasteiger partial charge in [-0.3, -0.25) is 9.59 Å². The maximum atomic E-state index is 12.1. The Hall–Kier alpha value is -2.41. The molecule has 3 rings (SSSR count). The highest BCUT2D eigenvalue weighted by Crippen LogP contribution is 2.33. The average Bonchev–Trinajstić information content (AvgIpc) is 2.58. The van der Waals surface area contributed by atoms with Gasteiger partial charge in [0.2, 0.25) is 5.91 Å². The van der Waals surface area contributed by atoms with Gasteiger partial charge >= 0.3 is 0 Å². The maximum Gasteiger partial charge on any atom is 0.264 e. The highest BCUT2D eigenvalue weighted by atomic mass is 79.9. The van der Waals surface area contributed by atoms with Crippen LogP contribution >= 0.6 is 0 Å². The van der Waals surface area contributed by atoms with Gasteiger partial charge < -0.3 is 31.9 Å². The smallest absolute Gasteiger partial charge is 0.264 e. The van der Waals surface area contributed by atoms with E-state index in [4.69, 9.17) is 4.74 Å². The molecule has 0 atom stereocenters. The highest BCUT2D eigenvalue weighted by molar-refractivity contribution is 5.99. The maximum absolute atomic E-state index is 12.1. The Kier molecular flexibility index (Phi) is 6.14.